The zero-order valence-corrected chi connectivity index (χ0v) is 21.7. The van der Waals surface area contributed by atoms with E-state index < -0.39 is 44.4 Å². The smallest absolute Gasteiger partial charge is 0.326 e. The van der Waals surface area contributed by atoms with Crippen LogP contribution >= 0.6 is 0 Å². The minimum absolute atomic E-state index is 0.0625. The second-order valence-electron chi connectivity index (χ2n) is 8.43. The van der Waals surface area contributed by atoms with E-state index >= 15 is 0 Å². The molecule has 3 rings (SSSR count). The molecule has 2 aromatic carbocycles. The molecule has 0 spiro atoms. The number of hydrogen-bond donors (Lipinski definition) is 1. The molecule has 0 radical (unpaired) electrons. The van der Waals surface area contributed by atoms with Gasteiger partial charge in [0.1, 0.15) is 11.5 Å². The highest BCUT2D eigenvalue weighted by Gasteiger charge is 2.57. The summed E-state index contributed by atoms with van der Waals surface area (Å²) in [5, 5.41) is -0.0252. The highest BCUT2D eigenvalue weighted by molar-refractivity contribution is 7.94. The summed E-state index contributed by atoms with van der Waals surface area (Å²) in [6, 6.07) is 11.5. The van der Waals surface area contributed by atoms with Crippen LogP contribution in [0.15, 0.2) is 48.5 Å². The van der Waals surface area contributed by atoms with Crippen molar-refractivity contribution in [2.24, 2.45) is 0 Å². The first kappa shape index (κ1) is 27.5. The maximum Gasteiger partial charge on any atom is 0.326 e. The maximum atomic E-state index is 14.0. The summed E-state index contributed by atoms with van der Waals surface area (Å²) in [7, 11) is -1.38. The summed E-state index contributed by atoms with van der Waals surface area (Å²) in [4.78, 5) is 26.3. The number of hydrogen-bond acceptors (Lipinski definition) is 9. The van der Waals surface area contributed by atoms with Crippen molar-refractivity contribution >= 4 is 21.8 Å². The van der Waals surface area contributed by atoms with Crippen LogP contribution in [0.3, 0.4) is 0 Å². The number of carbonyl (C=O) groups is 2. The van der Waals surface area contributed by atoms with Gasteiger partial charge < -0.3 is 18.9 Å². The zero-order chi connectivity index (χ0) is 26.3. The first-order valence-electron chi connectivity index (χ1n) is 11.9. The van der Waals surface area contributed by atoms with Crippen LogP contribution in [0, 0.1) is 0 Å². The Morgan fingerprint density at radius 1 is 0.722 bits per heavy atom. The van der Waals surface area contributed by atoms with Crippen molar-refractivity contribution in [2.75, 3.05) is 27.4 Å². The fraction of sp³-hybridized carbons (Fsp3) is 0.462. The number of methoxy groups -OCH3 is 2. The quantitative estimate of drug-likeness (QED) is 0.472. The monoisotopic (exact) mass is 519 g/mol. The Labute approximate surface area is 212 Å². The third kappa shape index (κ3) is 5.82. The second-order valence-corrected chi connectivity index (χ2v) is 10.6. The molecule has 1 fully saturated rings. The molecular weight excluding hydrogens is 486 g/mol. The Hall–Kier alpha value is -3.11. The van der Waals surface area contributed by atoms with E-state index in [0.29, 0.717) is 35.5 Å². The molecule has 1 aliphatic heterocycles. The van der Waals surface area contributed by atoms with E-state index in [2.05, 4.69) is 5.32 Å². The Morgan fingerprint density at radius 2 is 1.08 bits per heavy atom. The molecule has 0 unspecified atom stereocenters. The first-order chi connectivity index (χ1) is 17.3. The Morgan fingerprint density at radius 3 is 1.39 bits per heavy atom. The van der Waals surface area contributed by atoms with Crippen molar-refractivity contribution in [1.82, 2.24) is 5.32 Å². The first-order valence-corrected chi connectivity index (χ1v) is 13.5. The van der Waals surface area contributed by atoms with E-state index in [0.717, 1.165) is 0 Å². The van der Waals surface area contributed by atoms with Gasteiger partial charge in [0.25, 0.3) is 0 Å². The van der Waals surface area contributed by atoms with Crippen molar-refractivity contribution in [3.8, 4) is 11.5 Å². The minimum atomic E-state index is -4.42. The number of sulfone groups is 1. The van der Waals surface area contributed by atoms with Crippen LogP contribution in [0.1, 0.15) is 49.9 Å². The normalized spacial score (nSPS) is 22.9. The van der Waals surface area contributed by atoms with E-state index in [1.807, 2.05) is 13.8 Å². The highest BCUT2D eigenvalue weighted by atomic mass is 32.2. The van der Waals surface area contributed by atoms with Gasteiger partial charge in [0.05, 0.1) is 39.5 Å². The lowest BCUT2D eigenvalue weighted by Crippen LogP contribution is -2.59. The number of ether oxygens (including phenoxy) is 4. The van der Waals surface area contributed by atoms with Gasteiger partial charge in [-0.1, -0.05) is 38.1 Å². The number of esters is 2. The van der Waals surface area contributed by atoms with Gasteiger partial charge in [-0.2, -0.15) is 0 Å². The van der Waals surface area contributed by atoms with Crippen molar-refractivity contribution in [2.45, 2.75) is 49.3 Å². The number of carbonyl (C=O) groups excluding carboxylic acids is 2. The molecule has 0 saturated carbocycles. The Balaban J connectivity index is 2.15. The molecular formula is C26H33NO8S. The average molecular weight is 520 g/mol. The van der Waals surface area contributed by atoms with E-state index in [1.54, 1.807) is 48.5 Å². The van der Waals surface area contributed by atoms with Crippen LogP contribution in [-0.4, -0.2) is 58.3 Å². The standard InChI is InChI=1S/C26H33NO8S/c1-5-15-34-25(28)23-21(17-7-11-19(32-3)12-8-17)27-22(18-9-13-20(33-4)14-10-18)24(36(23,30)31)26(29)35-16-6-2/h7-14,21-24,27H,5-6,15-16H2,1-4H3/t21-,22+,23-,24-/m1/s1. The molecule has 196 valence electrons. The number of rotatable bonds is 10. The van der Waals surface area contributed by atoms with Gasteiger partial charge in [-0.05, 0) is 48.2 Å². The third-order valence-electron chi connectivity index (χ3n) is 5.98. The maximum absolute atomic E-state index is 14.0. The van der Waals surface area contributed by atoms with Crippen molar-refractivity contribution in [3.63, 3.8) is 0 Å². The third-order valence-corrected chi connectivity index (χ3v) is 8.33. The van der Waals surface area contributed by atoms with E-state index in [-0.39, 0.29) is 13.2 Å². The topological polar surface area (TPSA) is 117 Å². The number of benzene rings is 2. The predicted molar refractivity (Wildman–Crippen MR) is 134 cm³/mol. The predicted octanol–water partition coefficient (Wildman–Crippen LogP) is 3.15. The van der Waals surface area contributed by atoms with Crippen molar-refractivity contribution in [1.29, 1.82) is 0 Å². The SMILES string of the molecule is CCCOC(=O)[C@H]1[C@@H](c2ccc(OC)cc2)N[C@@H](c2ccc(OC)cc2)[C@H](C(=O)OCCC)S1(=O)=O. The summed E-state index contributed by atoms with van der Waals surface area (Å²) in [6.07, 6.45) is 1.05. The van der Waals surface area contributed by atoms with Crippen LogP contribution in [0.5, 0.6) is 11.5 Å². The molecule has 10 heteroatoms. The summed E-state index contributed by atoms with van der Waals surface area (Å²) in [5.74, 6) is -0.663. The van der Waals surface area contributed by atoms with Crippen LogP contribution in [-0.2, 0) is 28.9 Å². The Bertz CT molecular complexity index is 1050. The van der Waals surface area contributed by atoms with Gasteiger partial charge in [0.2, 0.25) is 0 Å². The largest absolute Gasteiger partial charge is 0.497 e. The van der Waals surface area contributed by atoms with Crippen LogP contribution < -0.4 is 14.8 Å². The fourth-order valence-electron chi connectivity index (χ4n) is 4.18. The highest BCUT2D eigenvalue weighted by Crippen LogP contribution is 2.40. The molecule has 0 amide bonds. The summed E-state index contributed by atoms with van der Waals surface area (Å²) in [6.45, 7) is 3.75. The van der Waals surface area contributed by atoms with Gasteiger partial charge in [-0.25, -0.2) is 8.42 Å². The van der Waals surface area contributed by atoms with Gasteiger partial charge in [-0.15, -0.1) is 0 Å². The van der Waals surface area contributed by atoms with Gasteiger partial charge in [0, 0.05) is 0 Å². The van der Waals surface area contributed by atoms with Crippen LogP contribution in [0.25, 0.3) is 0 Å². The summed E-state index contributed by atoms with van der Waals surface area (Å²) < 4.78 is 49.1. The van der Waals surface area contributed by atoms with E-state index in [1.165, 1.54) is 14.2 Å². The summed E-state index contributed by atoms with van der Waals surface area (Å²) in [5.41, 5.74) is 1.08. The van der Waals surface area contributed by atoms with Crippen LogP contribution in [0.4, 0.5) is 0 Å². The molecule has 1 aliphatic rings. The average Bonchev–Trinajstić information content (AvgIpc) is 2.89. The zero-order valence-electron chi connectivity index (χ0n) is 20.9. The van der Waals surface area contributed by atoms with Gasteiger partial charge in [0.15, 0.2) is 20.3 Å². The molecule has 1 saturated heterocycles. The lowest BCUT2D eigenvalue weighted by atomic mass is 9.96. The van der Waals surface area contributed by atoms with Crippen LogP contribution in [0.2, 0.25) is 0 Å². The second kappa shape index (κ2) is 12.2. The molecule has 1 N–H and O–H groups in total. The molecule has 2 aromatic rings. The summed E-state index contributed by atoms with van der Waals surface area (Å²) >= 11 is 0. The molecule has 4 atom stereocenters. The van der Waals surface area contributed by atoms with Gasteiger partial charge in [-0.3, -0.25) is 14.9 Å². The Kier molecular flexibility index (Phi) is 9.33. The lowest BCUT2D eigenvalue weighted by Gasteiger charge is -2.40. The molecule has 0 aliphatic carbocycles. The molecule has 0 bridgehead atoms. The van der Waals surface area contributed by atoms with E-state index in [9.17, 15) is 18.0 Å². The molecule has 36 heavy (non-hydrogen) atoms. The lowest BCUT2D eigenvalue weighted by molar-refractivity contribution is -0.145. The minimum Gasteiger partial charge on any atom is -0.497 e. The van der Waals surface area contributed by atoms with Gasteiger partial charge >= 0.3 is 11.9 Å². The van der Waals surface area contributed by atoms with E-state index in [4.69, 9.17) is 18.9 Å². The number of nitrogens with one attached hydrogen (secondary N) is 1. The fourth-order valence-corrected chi connectivity index (χ4v) is 6.40. The molecule has 0 aromatic heterocycles. The van der Waals surface area contributed by atoms with Crippen molar-refractivity contribution < 1.29 is 37.0 Å². The van der Waals surface area contributed by atoms with Crippen molar-refractivity contribution in [3.05, 3.63) is 59.7 Å². The molecule has 9 nitrogen and oxygen atoms in total. The molecule has 1 heterocycles.